The highest BCUT2D eigenvalue weighted by Gasteiger charge is 2.26. The van der Waals surface area contributed by atoms with Crippen molar-refractivity contribution in [2.75, 3.05) is 0 Å². The SMILES string of the molecule is Cc1ccnc2c(-c3cc(-c4ccccc4)cc(-c4nc5c(-c6cc(-c7ccccc7)ccc6O)cc(C(C)(C)C)cc5n4-c4ccc(C(C)(C)C)cc4)c3)cc(C(C)(C)C)cc12. The van der Waals surface area contributed by atoms with Crippen LogP contribution in [0.25, 0.3) is 83.5 Å². The van der Waals surface area contributed by atoms with Gasteiger partial charge in [-0.15, -0.1) is 0 Å². The van der Waals surface area contributed by atoms with Crippen molar-refractivity contribution in [3.05, 3.63) is 180 Å². The molecular weight excluding hydrogens is 767 g/mol. The zero-order chi connectivity index (χ0) is 44.4. The Balaban J connectivity index is 1.40. The van der Waals surface area contributed by atoms with Crippen LogP contribution < -0.4 is 0 Å². The van der Waals surface area contributed by atoms with Gasteiger partial charge >= 0.3 is 0 Å². The van der Waals surface area contributed by atoms with Gasteiger partial charge in [0.15, 0.2) is 0 Å². The van der Waals surface area contributed by atoms with E-state index in [9.17, 15) is 5.11 Å². The molecule has 9 aromatic rings. The zero-order valence-electron chi connectivity index (χ0n) is 38.3. The molecule has 0 fully saturated rings. The number of hydrogen-bond donors (Lipinski definition) is 1. The number of nitrogens with zero attached hydrogens (tertiary/aromatic N) is 3. The average Bonchev–Trinajstić information content (AvgIpc) is 3.66. The number of aromatic hydroxyl groups is 1. The van der Waals surface area contributed by atoms with E-state index in [2.05, 4.69) is 207 Å². The molecule has 0 amide bonds. The Morgan fingerprint density at radius 1 is 0.444 bits per heavy atom. The van der Waals surface area contributed by atoms with Crippen molar-refractivity contribution in [3.63, 3.8) is 0 Å². The van der Waals surface area contributed by atoms with Crippen LogP contribution in [0.2, 0.25) is 0 Å². The summed E-state index contributed by atoms with van der Waals surface area (Å²) in [7, 11) is 0. The largest absolute Gasteiger partial charge is 0.507 e. The first-order valence-corrected chi connectivity index (χ1v) is 22.1. The highest BCUT2D eigenvalue weighted by atomic mass is 16.3. The van der Waals surface area contributed by atoms with E-state index in [1.807, 2.05) is 24.4 Å². The van der Waals surface area contributed by atoms with E-state index in [1.54, 1.807) is 0 Å². The molecule has 4 heteroatoms. The Morgan fingerprint density at radius 3 is 1.65 bits per heavy atom. The van der Waals surface area contributed by atoms with E-state index in [1.165, 1.54) is 16.7 Å². The molecule has 0 aliphatic carbocycles. The summed E-state index contributed by atoms with van der Waals surface area (Å²) in [5.41, 5.74) is 17.5. The first-order valence-electron chi connectivity index (χ1n) is 22.1. The summed E-state index contributed by atoms with van der Waals surface area (Å²) in [6.45, 7) is 22.5. The van der Waals surface area contributed by atoms with E-state index in [0.717, 1.165) is 89.1 Å². The van der Waals surface area contributed by atoms with E-state index < -0.39 is 0 Å². The van der Waals surface area contributed by atoms with Crippen molar-refractivity contribution in [3.8, 4) is 67.3 Å². The highest BCUT2D eigenvalue weighted by molar-refractivity contribution is 6.00. The zero-order valence-corrected chi connectivity index (χ0v) is 38.3. The summed E-state index contributed by atoms with van der Waals surface area (Å²) in [6, 6.07) is 54.1. The fourth-order valence-electron chi connectivity index (χ4n) is 8.69. The molecule has 0 saturated carbocycles. The first kappa shape index (κ1) is 41.6. The molecule has 0 aliphatic rings. The van der Waals surface area contributed by atoms with Crippen molar-refractivity contribution < 1.29 is 5.11 Å². The fraction of sp³-hybridized carbons (Fsp3) is 0.220. The molecule has 4 nitrogen and oxygen atoms in total. The molecule has 314 valence electrons. The number of pyridine rings is 1. The number of aryl methyl sites for hydroxylation is 1. The molecule has 7 aromatic carbocycles. The fourth-order valence-corrected chi connectivity index (χ4v) is 8.69. The van der Waals surface area contributed by atoms with Gasteiger partial charge in [-0.2, -0.15) is 0 Å². The maximum atomic E-state index is 11.8. The first-order chi connectivity index (χ1) is 29.9. The lowest BCUT2D eigenvalue weighted by molar-refractivity contribution is 0.477. The van der Waals surface area contributed by atoms with E-state index in [-0.39, 0.29) is 22.0 Å². The number of fused-ring (bicyclic) bond motifs is 2. The summed E-state index contributed by atoms with van der Waals surface area (Å²) in [6.07, 6.45) is 1.93. The monoisotopic (exact) mass is 823 g/mol. The third kappa shape index (κ3) is 7.95. The maximum absolute atomic E-state index is 11.8. The molecule has 0 aliphatic heterocycles. The molecule has 63 heavy (non-hydrogen) atoms. The van der Waals surface area contributed by atoms with Crippen molar-refractivity contribution in [1.82, 2.24) is 14.5 Å². The average molecular weight is 824 g/mol. The second-order valence-corrected chi connectivity index (χ2v) is 20.3. The van der Waals surface area contributed by atoms with Crippen LogP contribution in [0.4, 0.5) is 0 Å². The van der Waals surface area contributed by atoms with Gasteiger partial charge in [-0.25, -0.2) is 4.98 Å². The van der Waals surface area contributed by atoms with Gasteiger partial charge in [0.1, 0.15) is 11.6 Å². The summed E-state index contributed by atoms with van der Waals surface area (Å²) in [5, 5.41) is 12.9. The molecule has 0 saturated heterocycles. The van der Waals surface area contributed by atoms with Gasteiger partial charge < -0.3 is 5.11 Å². The summed E-state index contributed by atoms with van der Waals surface area (Å²) in [4.78, 5) is 10.8. The molecule has 0 spiro atoms. The van der Waals surface area contributed by atoms with Crippen LogP contribution in [0, 0.1) is 6.92 Å². The minimum Gasteiger partial charge on any atom is -0.507 e. The van der Waals surface area contributed by atoms with Crippen LogP contribution in [-0.2, 0) is 16.2 Å². The Morgan fingerprint density at radius 2 is 1.02 bits per heavy atom. The molecule has 9 rings (SSSR count). The Labute approximate surface area is 373 Å². The summed E-state index contributed by atoms with van der Waals surface area (Å²) < 4.78 is 2.33. The molecule has 0 radical (unpaired) electrons. The molecule has 2 aromatic heterocycles. The molecule has 0 bridgehead atoms. The van der Waals surface area contributed by atoms with Gasteiger partial charge in [0.25, 0.3) is 0 Å². The van der Waals surface area contributed by atoms with E-state index in [4.69, 9.17) is 9.97 Å². The second-order valence-electron chi connectivity index (χ2n) is 20.3. The van der Waals surface area contributed by atoms with Crippen LogP contribution in [0.3, 0.4) is 0 Å². The Bertz CT molecular complexity index is 3150. The lowest BCUT2D eigenvalue weighted by Gasteiger charge is -2.22. The standard InChI is InChI=1S/C59H57N3O/c1-37-27-28-60-54-48(37)33-45(58(5,6)7)34-49(54)42-29-41(39-19-15-12-16-20-39)30-43(31-42)56-61-55-51(50-32-40(21-26-53(50)63)38-17-13-11-14-18-38)35-46(59(8,9)10)36-52(55)62(56)47-24-22-44(23-25-47)57(2,3)4/h11-36,63H,1-10H3. The van der Waals surface area contributed by atoms with Crippen LogP contribution in [0.1, 0.15) is 84.6 Å². The van der Waals surface area contributed by atoms with Gasteiger partial charge in [0.05, 0.1) is 16.6 Å². The number of imidazole rings is 1. The van der Waals surface area contributed by atoms with E-state index in [0.29, 0.717) is 0 Å². The Hall–Kier alpha value is -6.78. The van der Waals surface area contributed by atoms with E-state index >= 15 is 0 Å². The van der Waals surface area contributed by atoms with Crippen LogP contribution in [0.5, 0.6) is 5.75 Å². The van der Waals surface area contributed by atoms with Gasteiger partial charge in [0, 0.05) is 39.5 Å². The van der Waals surface area contributed by atoms with Gasteiger partial charge in [-0.3, -0.25) is 9.55 Å². The van der Waals surface area contributed by atoms with Gasteiger partial charge in [-0.1, -0.05) is 141 Å². The topological polar surface area (TPSA) is 50.9 Å². The number of phenols is 1. The lowest BCUT2D eigenvalue weighted by atomic mass is 9.83. The Kier molecular flexibility index (Phi) is 10.3. The number of phenolic OH excluding ortho intramolecular Hbond substituents is 1. The van der Waals surface area contributed by atoms with Gasteiger partial charge in [-0.05, 0) is 146 Å². The number of rotatable bonds is 6. The molecule has 2 heterocycles. The predicted molar refractivity (Wildman–Crippen MR) is 266 cm³/mol. The molecule has 0 atom stereocenters. The molecule has 0 unspecified atom stereocenters. The third-order valence-electron chi connectivity index (χ3n) is 12.5. The predicted octanol–water partition coefficient (Wildman–Crippen LogP) is 15.8. The lowest BCUT2D eigenvalue weighted by Crippen LogP contribution is -2.12. The summed E-state index contributed by atoms with van der Waals surface area (Å²) in [5.74, 6) is 1.04. The van der Waals surface area contributed by atoms with Gasteiger partial charge in [0.2, 0.25) is 0 Å². The number of hydrogen-bond acceptors (Lipinski definition) is 3. The second kappa shape index (κ2) is 15.5. The smallest absolute Gasteiger partial charge is 0.145 e. The number of aromatic nitrogens is 3. The van der Waals surface area contributed by atoms with Crippen LogP contribution in [-0.4, -0.2) is 19.6 Å². The van der Waals surface area contributed by atoms with Crippen molar-refractivity contribution in [1.29, 1.82) is 0 Å². The minimum absolute atomic E-state index is 0.0120. The van der Waals surface area contributed by atoms with Crippen LogP contribution >= 0.6 is 0 Å². The number of benzene rings is 7. The minimum atomic E-state index is -0.203. The van der Waals surface area contributed by atoms with Crippen molar-refractivity contribution in [2.24, 2.45) is 0 Å². The molecular formula is C59H57N3O. The molecule has 1 N–H and O–H groups in total. The normalized spacial score (nSPS) is 12.3. The van der Waals surface area contributed by atoms with Crippen LogP contribution in [0.15, 0.2) is 158 Å². The quantitative estimate of drug-likeness (QED) is 0.182. The summed E-state index contributed by atoms with van der Waals surface area (Å²) >= 11 is 0. The third-order valence-corrected chi connectivity index (χ3v) is 12.5. The highest BCUT2D eigenvalue weighted by Crippen LogP contribution is 2.44. The maximum Gasteiger partial charge on any atom is 0.145 e. The van der Waals surface area contributed by atoms with Crippen molar-refractivity contribution >= 4 is 21.9 Å². The van der Waals surface area contributed by atoms with Crippen molar-refractivity contribution in [2.45, 2.75) is 85.5 Å².